The zero-order chi connectivity index (χ0) is 9.40. The molecule has 0 aliphatic carbocycles. The van der Waals surface area contributed by atoms with Gasteiger partial charge in [-0.1, -0.05) is 26.7 Å². The van der Waals surface area contributed by atoms with E-state index in [2.05, 4.69) is 6.92 Å². The topological polar surface area (TPSA) is 37.3 Å². The van der Waals surface area contributed by atoms with Crippen molar-refractivity contribution >= 4 is 5.78 Å². The SMILES string of the molecule is CCCCCC(=O)C(CC)CO. The Morgan fingerprint density at radius 3 is 2.42 bits per heavy atom. The second-order valence-electron chi connectivity index (χ2n) is 3.21. The number of hydrogen-bond donors (Lipinski definition) is 1. The zero-order valence-electron chi connectivity index (χ0n) is 8.18. The van der Waals surface area contributed by atoms with Gasteiger partial charge in [0.25, 0.3) is 0 Å². The Kier molecular flexibility index (Phi) is 7.06. The summed E-state index contributed by atoms with van der Waals surface area (Å²) in [6.07, 6.45) is 4.65. The molecule has 0 aromatic carbocycles. The van der Waals surface area contributed by atoms with Crippen LogP contribution in [0.4, 0.5) is 0 Å². The molecule has 1 N–H and O–H groups in total. The zero-order valence-corrected chi connectivity index (χ0v) is 8.18. The second kappa shape index (κ2) is 7.29. The molecule has 1 atom stereocenters. The Morgan fingerprint density at radius 1 is 1.33 bits per heavy atom. The van der Waals surface area contributed by atoms with Crippen molar-refractivity contribution in [2.45, 2.75) is 46.0 Å². The van der Waals surface area contributed by atoms with Crippen molar-refractivity contribution < 1.29 is 9.90 Å². The van der Waals surface area contributed by atoms with Gasteiger partial charge in [-0.3, -0.25) is 4.79 Å². The van der Waals surface area contributed by atoms with Gasteiger partial charge in [-0.15, -0.1) is 0 Å². The minimum absolute atomic E-state index is 0.0153. The van der Waals surface area contributed by atoms with Gasteiger partial charge in [0.05, 0.1) is 6.61 Å². The highest BCUT2D eigenvalue weighted by Crippen LogP contribution is 2.09. The smallest absolute Gasteiger partial charge is 0.138 e. The van der Waals surface area contributed by atoms with Crippen LogP contribution >= 0.6 is 0 Å². The molecule has 0 bridgehead atoms. The van der Waals surface area contributed by atoms with Gasteiger partial charge < -0.3 is 5.11 Å². The lowest BCUT2D eigenvalue weighted by Crippen LogP contribution is -2.17. The third-order valence-corrected chi connectivity index (χ3v) is 2.20. The standard InChI is InChI=1S/C10H20O2/c1-3-5-6-7-10(12)9(4-2)8-11/h9,11H,3-8H2,1-2H3. The first-order chi connectivity index (χ1) is 5.76. The molecular formula is C10H20O2. The van der Waals surface area contributed by atoms with Crippen molar-refractivity contribution in [1.82, 2.24) is 0 Å². The maximum absolute atomic E-state index is 11.3. The van der Waals surface area contributed by atoms with Gasteiger partial charge in [0.15, 0.2) is 0 Å². The molecule has 0 fully saturated rings. The number of unbranched alkanes of at least 4 members (excludes halogenated alkanes) is 2. The number of aliphatic hydroxyl groups is 1. The Morgan fingerprint density at radius 2 is 2.00 bits per heavy atom. The lowest BCUT2D eigenvalue weighted by molar-refractivity contribution is -0.124. The molecule has 0 spiro atoms. The van der Waals surface area contributed by atoms with Crippen molar-refractivity contribution in [1.29, 1.82) is 0 Å². The van der Waals surface area contributed by atoms with Crippen LogP contribution in [0, 0.1) is 5.92 Å². The summed E-state index contributed by atoms with van der Waals surface area (Å²) in [7, 11) is 0. The predicted octanol–water partition coefficient (Wildman–Crippen LogP) is 2.15. The molecule has 0 radical (unpaired) electrons. The number of Topliss-reactive ketones (excluding diaryl/α,β-unsaturated/α-hetero) is 1. The molecule has 0 amide bonds. The normalized spacial score (nSPS) is 12.9. The molecule has 0 aliphatic rings. The van der Waals surface area contributed by atoms with E-state index in [-0.39, 0.29) is 18.3 Å². The molecule has 0 aromatic rings. The Bertz CT molecular complexity index is 117. The fourth-order valence-corrected chi connectivity index (χ4v) is 1.21. The fourth-order valence-electron chi connectivity index (χ4n) is 1.21. The summed E-state index contributed by atoms with van der Waals surface area (Å²) in [5.41, 5.74) is 0. The first-order valence-corrected chi connectivity index (χ1v) is 4.89. The monoisotopic (exact) mass is 172 g/mol. The highest BCUT2D eigenvalue weighted by Gasteiger charge is 2.13. The molecular weight excluding hydrogens is 152 g/mol. The Labute approximate surface area is 75.0 Å². The van der Waals surface area contributed by atoms with Crippen LogP contribution in [0.5, 0.6) is 0 Å². The Hall–Kier alpha value is -0.370. The average Bonchev–Trinajstić information content (AvgIpc) is 2.07. The summed E-state index contributed by atoms with van der Waals surface area (Å²) in [4.78, 5) is 11.3. The molecule has 0 aliphatic heterocycles. The van der Waals surface area contributed by atoms with Crippen molar-refractivity contribution in [2.24, 2.45) is 5.92 Å². The molecule has 2 heteroatoms. The summed E-state index contributed by atoms with van der Waals surface area (Å²) in [6.45, 7) is 4.08. The van der Waals surface area contributed by atoms with Crippen molar-refractivity contribution in [3.05, 3.63) is 0 Å². The highest BCUT2D eigenvalue weighted by atomic mass is 16.3. The number of aliphatic hydroxyl groups excluding tert-OH is 1. The van der Waals surface area contributed by atoms with E-state index in [1.807, 2.05) is 6.92 Å². The maximum Gasteiger partial charge on any atom is 0.138 e. The van der Waals surface area contributed by atoms with Crippen LogP contribution in [0.2, 0.25) is 0 Å². The number of hydrogen-bond acceptors (Lipinski definition) is 2. The van der Waals surface area contributed by atoms with Gasteiger partial charge in [-0.2, -0.15) is 0 Å². The van der Waals surface area contributed by atoms with Gasteiger partial charge in [0, 0.05) is 12.3 Å². The van der Waals surface area contributed by atoms with Crippen LogP contribution in [0.1, 0.15) is 46.0 Å². The van der Waals surface area contributed by atoms with Crippen molar-refractivity contribution in [2.75, 3.05) is 6.61 Å². The van der Waals surface area contributed by atoms with E-state index in [0.717, 1.165) is 25.7 Å². The molecule has 0 saturated heterocycles. The molecule has 2 nitrogen and oxygen atoms in total. The predicted molar refractivity (Wildman–Crippen MR) is 50.0 cm³/mol. The van der Waals surface area contributed by atoms with Gasteiger partial charge in [0.2, 0.25) is 0 Å². The van der Waals surface area contributed by atoms with Crippen LogP contribution in [-0.2, 0) is 4.79 Å². The number of rotatable bonds is 7. The lowest BCUT2D eigenvalue weighted by atomic mass is 9.98. The van der Waals surface area contributed by atoms with E-state index in [0.29, 0.717) is 6.42 Å². The van der Waals surface area contributed by atoms with E-state index < -0.39 is 0 Å². The number of carbonyl (C=O) groups is 1. The first kappa shape index (κ1) is 11.6. The minimum atomic E-state index is -0.109. The molecule has 72 valence electrons. The summed E-state index contributed by atoms with van der Waals surface area (Å²) in [5, 5.41) is 8.83. The molecule has 0 rings (SSSR count). The quantitative estimate of drug-likeness (QED) is 0.597. The molecule has 12 heavy (non-hydrogen) atoms. The number of carbonyl (C=O) groups excluding carboxylic acids is 1. The van der Waals surface area contributed by atoms with E-state index in [9.17, 15) is 4.79 Å². The van der Waals surface area contributed by atoms with Crippen molar-refractivity contribution in [3.8, 4) is 0 Å². The van der Waals surface area contributed by atoms with Crippen LogP contribution in [0.25, 0.3) is 0 Å². The summed E-state index contributed by atoms with van der Waals surface area (Å²) in [6, 6.07) is 0. The van der Waals surface area contributed by atoms with E-state index in [4.69, 9.17) is 5.11 Å². The highest BCUT2D eigenvalue weighted by molar-refractivity contribution is 5.80. The largest absolute Gasteiger partial charge is 0.396 e. The van der Waals surface area contributed by atoms with E-state index in [1.54, 1.807) is 0 Å². The van der Waals surface area contributed by atoms with Gasteiger partial charge in [-0.05, 0) is 12.8 Å². The van der Waals surface area contributed by atoms with Gasteiger partial charge in [0.1, 0.15) is 5.78 Å². The van der Waals surface area contributed by atoms with Gasteiger partial charge in [-0.25, -0.2) is 0 Å². The molecule has 0 aromatic heterocycles. The molecule has 0 saturated carbocycles. The summed E-state index contributed by atoms with van der Waals surface area (Å²) < 4.78 is 0. The van der Waals surface area contributed by atoms with Gasteiger partial charge >= 0.3 is 0 Å². The summed E-state index contributed by atoms with van der Waals surface area (Å²) in [5.74, 6) is 0.121. The van der Waals surface area contributed by atoms with Crippen LogP contribution in [0.3, 0.4) is 0 Å². The maximum atomic E-state index is 11.3. The average molecular weight is 172 g/mol. The first-order valence-electron chi connectivity index (χ1n) is 4.89. The third-order valence-electron chi connectivity index (χ3n) is 2.20. The van der Waals surface area contributed by atoms with Crippen LogP contribution < -0.4 is 0 Å². The summed E-state index contributed by atoms with van der Waals surface area (Å²) >= 11 is 0. The third kappa shape index (κ3) is 4.50. The van der Waals surface area contributed by atoms with E-state index in [1.165, 1.54) is 0 Å². The molecule has 0 heterocycles. The van der Waals surface area contributed by atoms with Crippen LogP contribution in [-0.4, -0.2) is 17.5 Å². The minimum Gasteiger partial charge on any atom is -0.396 e. The van der Waals surface area contributed by atoms with E-state index >= 15 is 0 Å². The van der Waals surface area contributed by atoms with Crippen LogP contribution in [0.15, 0.2) is 0 Å². The van der Waals surface area contributed by atoms with Crippen molar-refractivity contribution in [3.63, 3.8) is 0 Å². The number of ketones is 1. The lowest BCUT2D eigenvalue weighted by Gasteiger charge is -2.09. The second-order valence-corrected chi connectivity index (χ2v) is 3.21. The Balaban J connectivity index is 3.54. The molecule has 1 unspecified atom stereocenters. The fraction of sp³-hybridized carbons (Fsp3) is 0.900.